The highest BCUT2D eigenvalue weighted by atomic mass is 32.1. The minimum absolute atomic E-state index is 0.00938. The third-order valence-electron chi connectivity index (χ3n) is 5.42. The maximum atomic E-state index is 14.1. The molecule has 3 rings (SSSR count). The lowest BCUT2D eigenvalue weighted by atomic mass is 9.88. The predicted molar refractivity (Wildman–Crippen MR) is 122 cm³/mol. The molecule has 1 aromatic carbocycles. The maximum absolute atomic E-state index is 14.1. The highest BCUT2D eigenvalue weighted by Crippen LogP contribution is 2.31. The first-order valence-electron chi connectivity index (χ1n) is 10.6. The highest BCUT2D eigenvalue weighted by molar-refractivity contribution is 7.13. The number of aromatic nitrogens is 1. The number of piperidine rings is 1. The highest BCUT2D eigenvalue weighted by Gasteiger charge is 2.35. The van der Waals surface area contributed by atoms with Gasteiger partial charge in [-0.1, -0.05) is 12.1 Å². The largest absolute Gasteiger partial charge is 0.352 e. The van der Waals surface area contributed by atoms with Crippen molar-refractivity contribution in [2.75, 3.05) is 13.1 Å². The molecule has 0 aliphatic carbocycles. The molecule has 0 bridgehead atoms. The van der Waals surface area contributed by atoms with Crippen molar-refractivity contribution < 1.29 is 14.0 Å². The van der Waals surface area contributed by atoms with Crippen molar-refractivity contribution in [1.29, 1.82) is 0 Å². The smallest absolute Gasteiger partial charge is 0.317 e. The van der Waals surface area contributed by atoms with Crippen LogP contribution in [0.15, 0.2) is 29.6 Å². The van der Waals surface area contributed by atoms with Gasteiger partial charge in [0.05, 0.1) is 11.1 Å². The van der Waals surface area contributed by atoms with E-state index in [0.717, 1.165) is 0 Å². The molecule has 0 unspecified atom stereocenters. The van der Waals surface area contributed by atoms with E-state index in [2.05, 4.69) is 15.6 Å². The Morgan fingerprint density at radius 1 is 1.13 bits per heavy atom. The van der Waals surface area contributed by atoms with Gasteiger partial charge in [0.1, 0.15) is 10.8 Å². The van der Waals surface area contributed by atoms with E-state index in [1.807, 2.05) is 40.0 Å². The van der Waals surface area contributed by atoms with Gasteiger partial charge in [-0.3, -0.25) is 4.79 Å². The Balaban J connectivity index is 1.60. The first-order valence-corrected chi connectivity index (χ1v) is 11.4. The molecular weight excluding hydrogens is 415 g/mol. The quantitative estimate of drug-likeness (QED) is 0.735. The monoisotopic (exact) mass is 446 g/mol. The van der Waals surface area contributed by atoms with Crippen LogP contribution in [0.25, 0.3) is 10.6 Å². The minimum Gasteiger partial charge on any atom is -0.352 e. The Bertz CT molecular complexity index is 943. The first kappa shape index (κ1) is 23.2. The zero-order chi connectivity index (χ0) is 22.8. The molecule has 2 N–H and O–H groups in total. The summed E-state index contributed by atoms with van der Waals surface area (Å²) < 4.78 is 14.1. The number of amides is 3. The number of hydrogen-bond acceptors (Lipinski definition) is 4. The van der Waals surface area contributed by atoms with Gasteiger partial charge < -0.3 is 15.5 Å². The lowest BCUT2D eigenvalue weighted by Gasteiger charge is -2.35. The molecule has 1 aliphatic rings. The molecule has 0 atom stereocenters. The second-order valence-electron chi connectivity index (χ2n) is 9.56. The summed E-state index contributed by atoms with van der Waals surface area (Å²) in [5.74, 6) is -0.441. The number of hydrogen-bond donors (Lipinski definition) is 2. The standard InChI is InChI=1S/C23H31FN4O2S/c1-22(2,3)27-21(30)28-12-10-15(11-13-28)25-20(29)23(4,5)18-14-31-19(26-18)16-8-6-7-9-17(16)24/h6-9,14-15H,10-13H2,1-5H3,(H,25,29)(H,27,30). The minimum atomic E-state index is -0.846. The Morgan fingerprint density at radius 2 is 1.77 bits per heavy atom. The van der Waals surface area contributed by atoms with Gasteiger partial charge in [0.15, 0.2) is 0 Å². The van der Waals surface area contributed by atoms with E-state index in [0.29, 0.717) is 42.2 Å². The molecule has 8 heteroatoms. The summed E-state index contributed by atoms with van der Waals surface area (Å²) in [5.41, 5.74) is -0.0618. The summed E-state index contributed by atoms with van der Waals surface area (Å²) in [7, 11) is 0. The van der Waals surface area contributed by atoms with Crippen molar-refractivity contribution in [3.63, 3.8) is 0 Å². The van der Waals surface area contributed by atoms with E-state index in [-0.39, 0.29) is 29.3 Å². The number of rotatable bonds is 4. The number of likely N-dealkylation sites (tertiary alicyclic amines) is 1. The number of carbonyl (C=O) groups excluding carboxylic acids is 2. The molecule has 31 heavy (non-hydrogen) atoms. The van der Waals surface area contributed by atoms with E-state index < -0.39 is 5.41 Å². The topological polar surface area (TPSA) is 74.3 Å². The van der Waals surface area contributed by atoms with Gasteiger partial charge in [-0.05, 0) is 59.6 Å². The SMILES string of the molecule is CC(C)(C)NC(=O)N1CCC(NC(=O)C(C)(C)c2csc(-c3ccccc3F)n2)CC1. The molecule has 1 aromatic heterocycles. The number of carbonyl (C=O) groups is 2. The molecule has 6 nitrogen and oxygen atoms in total. The Morgan fingerprint density at radius 3 is 2.39 bits per heavy atom. The second-order valence-corrected chi connectivity index (χ2v) is 10.4. The fourth-order valence-corrected chi connectivity index (χ4v) is 4.44. The number of nitrogens with one attached hydrogen (secondary N) is 2. The average molecular weight is 447 g/mol. The van der Waals surface area contributed by atoms with E-state index in [1.165, 1.54) is 17.4 Å². The third-order valence-corrected chi connectivity index (χ3v) is 6.29. The van der Waals surface area contributed by atoms with Gasteiger partial charge in [-0.2, -0.15) is 0 Å². The molecule has 1 aliphatic heterocycles. The Labute approximate surface area is 187 Å². The summed E-state index contributed by atoms with van der Waals surface area (Å²) in [6, 6.07) is 6.45. The van der Waals surface area contributed by atoms with Crippen LogP contribution in [0, 0.1) is 5.82 Å². The van der Waals surface area contributed by atoms with Crippen LogP contribution >= 0.6 is 11.3 Å². The third kappa shape index (κ3) is 5.61. The lowest BCUT2D eigenvalue weighted by Crippen LogP contribution is -2.54. The average Bonchev–Trinajstić information content (AvgIpc) is 3.18. The summed E-state index contributed by atoms with van der Waals surface area (Å²) >= 11 is 1.33. The molecule has 168 valence electrons. The summed E-state index contributed by atoms with van der Waals surface area (Å²) in [6.07, 6.45) is 1.41. The molecule has 0 spiro atoms. The number of thiazole rings is 1. The Hall–Kier alpha value is -2.48. The lowest BCUT2D eigenvalue weighted by molar-refractivity contribution is -0.126. The van der Waals surface area contributed by atoms with Gasteiger partial charge >= 0.3 is 6.03 Å². The van der Waals surface area contributed by atoms with Crippen LogP contribution in [0.4, 0.5) is 9.18 Å². The maximum Gasteiger partial charge on any atom is 0.317 e. The first-order chi connectivity index (χ1) is 14.5. The van der Waals surface area contributed by atoms with Gasteiger partial charge in [-0.15, -0.1) is 11.3 Å². The number of nitrogens with zero attached hydrogens (tertiary/aromatic N) is 2. The van der Waals surface area contributed by atoms with Crippen LogP contribution < -0.4 is 10.6 Å². The molecule has 2 heterocycles. The Kier molecular flexibility index (Phi) is 6.69. The zero-order valence-corrected chi connectivity index (χ0v) is 19.6. The summed E-state index contributed by atoms with van der Waals surface area (Å²) in [5, 5.41) is 8.48. The van der Waals surface area contributed by atoms with Crippen molar-refractivity contribution in [3.05, 3.63) is 41.2 Å². The number of urea groups is 1. The number of benzene rings is 1. The second kappa shape index (κ2) is 8.94. The number of halogens is 1. The molecule has 1 fully saturated rings. The molecule has 3 amide bonds. The van der Waals surface area contributed by atoms with Crippen LogP contribution in [0.1, 0.15) is 53.2 Å². The van der Waals surface area contributed by atoms with Gasteiger partial charge in [-0.25, -0.2) is 14.2 Å². The predicted octanol–water partition coefficient (Wildman–Crippen LogP) is 4.32. The fraction of sp³-hybridized carbons (Fsp3) is 0.522. The van der Waals surface area contributed by atoms with E-state index in [9.17, 15) is 14.0 Å². The van der Waals surface area contributed by atoms with E-state index in [1.54, 1.807) is 23.1 Å². The fourth-order valence-electron chi connectivity index (χ4n) is 3.43. The summed E-state index contributed by atoms with van der Waals surface area (Å²) in [4.78, 5) is 31.7. The van der Waals surface area contributed by atoms with Gasteiger partial charge in [0, 0.05) is 35.6 Å². The normalized spacial score (nSPS) is 15.6. The molecule has 2 aromatic rings. The van der Waals surface area contributed by atoms with Crippen LogP contribution in [-0.2, 0) is 10.2 Å². The van der Waals surface area contributed by atoms with Crippen molar-refractivity contribution >= 4 is 23.3 Å². The van der Waals surface area contributed by atoms with Gasteiger partial charge in [0.2, 0.25) is 5.91 Å². The summed E-state index contributed by atoms with van der Waals surface area (Å²) in [6.45, 7) is 10.7. The van der Waals surface area contributed by atoms with Crippen molar-refractivity contribution in [2.45, 2.75) is 64.5 Å². The van der Waals surface area contributed by atoms with Crippen LogP contribution in [-0.4, -0.2) is 46.5 Å². The molecule has 0 saturated carbocycles. The van der Waals surface area contributed by atoms with Crippen molar-refractivity contribution in [1.82, 2.24) is 20.5 Å². The molecular formula is C23H31FN4O2S. The van der Waals surface area contributed by atoms with Crippen LogP contribution in [0.2, 0.25) is 0 Å². The van der Waals surface area contributed by atoms with E-state index >= 15 is 0 Å². The van der Waals surface area contributed by atoms with Crippen LogP contribution in [0.3, 0.4) is 0 Å². The zero-order valence-electron chi connectivity index (χ0n) is 18.8. The van der Waals surface area contributed by atoms with Crippen molar-refractivity contribution in [3.8, 4) is 10.6 Å². The van der Waals surface area contributed by atoms with Crippen LogP contribution in [0.5, 0.6) is 0 Å². The molecule has 0 radical (unpaired) electrons. The van der Waals surface area contributed by atoms with Gasteiger partial charge in [0.25, 0.3) is 0 Å². The van der Waals surface area contributed by atoms with Crippen molar-refractivity contribution in [2.24, 2.45) is 0 Å². The van der Waals surface area contributed by atoms with E-state index in [4.69, 9.17) is 0 Å². The molecule has 1 saturated heterocycles.